The van der Waals surface area contributed by atoms with Gasteiger partial charge in [0.1, 0.15) is 0 Å². The van der Waals surface area contributed by atoms with Crippen LogP contribution < -0.4 is 16.2 Å². The molecule has 0 bridgehead atoms. The van der Waals surface area contributed by atoms with Gasteiger partial charge in [0.05, 0.1) is 4.90 Å². The lowest BCUT2D eigenvalue weighted by molar-refractivity contribution is 0.232. The number of rotatable bonds is 3. The highest BCUT2D eigenvalue weighted by atomic mass is 32.2. The molecule has 1 fully saturated rings. The third-order valence-corrected chi connectivity index (χ3v) is 4.86. The van der Waals surface area contributed by atoms with Crippen LogP contribution in [-0.4, -0.2) is 14.5 Å². The molecular weight excluding hydrogens is 274 g/mol. The fourth-order valence-electron chi connectivity index (χ4n) is 2.65. The lowest BCUT2D eigenvalue weighted by atomic mass is 9.75. The zero-order valence-corrected chi connectivity index (χ0v) is 12.8. The zero-order valence-electron chi connectivity index (χ0n) is 12.0. The van der Waals surface area contributed by atoms with Crippen molar-refractivity contribution in [2.24, 2.45) is 10.6 Å². The Labute approximate surface area is 120 Å². The van der Waals surface area contributed by atoms with Crippen molar-refractivity contribution in [1.82, 2.24) is 0 Å². The minimum atomic E-state index is -3.73. The standard InChI is InChI=1S/C14H23N3O2S/c1-14(2)5-3-11(4-6-14)17-12-7-10(15)8-13(9-12)20(16,18)19/h7-9,11,17H,3-6,15H2,1-2H3,(H2,16,18,19). The molecular formula is C14H23N3O2S. The Morgan fingerprint density at radius 1 is 1.20 bits per heavy atom. The summed E-state index contributed by atoms with van der Waals surface area (Å²) in [6, 6.07) is 5.03. The Balaban J connectivity index is 2.13. The number of anilines is 2. The topological polar surface area (TPSA) is 98.2 Å². The number of hydrogen-bond acceptors (Lipinski definition) is 4. The van der Waals surface area contributed by atoms with Crippen molar-refractivity contribution in [2.45, 2.75) is 50.5 Å². The van der Waals surface area contributed by atoms with Gasteiger partial charge < -0.3 is 11.1 Å². The molecule has 1 saturated carbocycles. The molecule has 6 heteroatoms. The molecule has 1 aromatic rings. The van der Waals surface area contributed by atoms with Gasteiger partial charge in [0.25, 0.3) is 0 Å². The molecule has 0 heterocycles. The van der Waals surface area contributed by atoms with E-state index in [2.05, 4.69) is 19.2 Å². The number of benzene rings is 1. The third kappa shape index (κ3) is 3.86. The van der Waals surface area contributed by atoms with Crippen LogP contribution in [0.4, 0.5) is 11.4 Å². The van der Waals surface area contributed by atoms with Gasteiger partial charge in [-0.1, -0.05) is 13.8 Å². The minimum Gasteiger partial charge on any atom is -0.399 e. The van der Waals surface area contributed by atoms with Gasteiger partial charge in [-0.05, 0) is 49.3 Å². The van der Waals surface area contributed by atoms with Crippen molar-refractivity contribution < 1.29 is 8.42 Å². The Morgan fingerprint density at radius 3 is 2.35 bits per heavy atom. The highest BCUT2D eigenvalue weighted by Gasteiger charge is 2.26. The number of hydrogen-bond donors (Lipinski definition) is 3. The van der Waals surface area contributed by atoms with Gasteiger partial charge in [0.15, 0.2) is 0 Å². The second-order valence-electron chi connectivity index (χ2n) is 6.42. The van der Waals surface area contributed by atoms with E-state index >= 15 is 0 Å². The second-order valence-corrected chi connectivity index (χ2v) is 7.98. The molecule has 0 saturated heterocycles. The van der Waals surface area contributed by atoms with Crippen molar-refractivity contribution in [1.29, 1.82) is 0 Å². The highest BCUT2D eigenvalue weighted by Crippen LogP contribution is 2.36. The van der Waals surface area contributed by atoms with Crippen molar-refractivity contribution in [3.63, 3.8) is 0 Å². The summed E-state index contributed by atoms with van der Waals surface area (Å²) in [6.07, 6.45) is 4.48. The molecule has 20 heavy (non-hydrogen) atoms. The summed E-state index contributed by atoms with van der Waals surface area (Å²) >= 11 is 0. The molecule has 1 aromatic carbocycles. The van der Waals surface area contributed by atoms with Gasteiger partial charge in [-0.15, -0.1) is 0 Å². The molecule has 2 rings (SSSR count). The van der Waals surface area contributed by atoms with Crippen LogP contribution in [0.2, 0.25) is 0 Å². The van der Waals surface area contributed by atoms with Crippen LogP contribution >= 0.6 is 0 Å². The Bertz CT molecular complexity index is 586. The van der Waals surface area contributed by atoms with Gasteiger partial charge in [0.2, 0.25) is 10.0 Å². The second kappa shape index (κ2) is 5.26. The smallest absolute Gasteiger partial charge is 0.238 e. The largest absolute Gasteiger partial charge is 0.399 e. The molecule has 0 aromatic heterocycles. The molecule has 1 aliphatic carbocycles. The van der Waals surface area contributed by atoms with E-state index in [1.807, 2.05) is 0 Å². The van der Waals surface area contributed by atoms with E-state index in [9.17, 15) is 8.42 Å². The van der Waals surface area contributed by atoms with Crippen LogP contribution in [0.15, 0.2) is 23.1 Å². The van der Waals surface area contributed by atoms with Gasteiger partial charge in [-0.3, -0.25) is 0 Å². The summed E-state index contributed by atoms with van der Waals surface area (Å²) in [5.74, 6) is 0. The SMILES string of the molecule is CC1(C)CCC(Nc2cc(N)cc(S(N)(=O)=O)c2)CC1. The molecule has 112 valence electrons. The van der Waals surface area contributed by atoms with Crippen LogP contribution in [0.3, 0.4) is 0 Å². The quantitative estimate of drug-likeness (QED) is 0.745. The van der Waals surface area contributed by atoms with Crippen molar-refractivity contribution in [3.05, 3.63) is 18.2 Å². The van der Waals surface area contributed by atoms with E-state index in [1.54, 1.807) is 12.1 Å². The Hall–Kier alpha value is -1.27. The number of nitrogens with one attached hydrogen (secondary N) is 1. The number of primary sulfonamides is 1. The minimum absolute atomic E-state index is 0.0520. The van der Waals surface area contributed by atoms with Crippen LogP contribution in [0.25, 0.3) is 0 Å². The molecule has 0 radical (unpaired) electrons. The predicted molar refractivity (Wildman–Crippen MR) is 81.9 cm³/mol. The summed E-state index contributed by atoms with van der Waals surface area (Å²) in [6.45, 7) is 4.56. The zero-order chi connectivity index (χ0) is 15.0. The maximum atomic E-state index is 11.4. The van der Waals surface area contributed by atoms with E-state index in [1.165, 1.54) is 6.07 Å². The maximum absolute atomic E-state index is 11.4. The van der Waals surface area contributed by atoms with Crippen LogP contribution in [0.5, 0.6) is 0 Å². The highest BCUT2D eigenvalue weighted by molar-refractivity contribution is 7.89. The first-order chi connectivity index (χ1) is 9.16. The fraction of sp³-hybridized carbons (Fsp3) is 0.571. The molecule has 0 aliphatic heterocycles. The molecule has 5 N–H and O–H groups in total. The molecule has 5 nitrogen and oxygen atoms in total. The average Bonchev–Trinajstić information content (AvgIpc) is 2.30. The third-order valence-electron chi connectivity index (χ3n) is 3.97. The van der Waals surface area contributed by atoms with Crippen molar-refractivity contribution >= 4 is 21.4 Å². The van der Waals surface area contributed by atoms with E-state index in [-0.39, 0.29) is 4.90 Å². The Morgan fingerprint density at radius 2 is 1.80 bits per heavy atom. The van der Waals surface area contributed by atoms with E-state index in [0.717, 1.165) is 31.4 Å². The summed E-state index contributed by atoms with van der Waals surface area (Å²) in [5, 5.41) is 8.52. The Kier molecular flexibility index (Phi) is 3.97. The molecule has 0 spiro atoms. The summed E-state index contributed by atoms with van der Waals surface area (Å²) in [4.78, 5) is 0.0520. The fourth-order valence-corrected chi connectivity index (χ4v) is 3.24. The van der Waals surface area contributed by atoms with Crippen molar-refractivity contribution in [3.8, 4) is 0 Å². The van der Waals surface area contributed by atoms with Crippen LogP contribution in [0.1, 0.15) is 39.5 Å². The molecule has 0 unspecified atom stereocenters. The number of sulfonamides is 1. The molecule has 0 atom stereocenters. The predicted octanol–water partition coefficient (Wildman–Crippen LogP) is 2.30. The van der Waals surface area contributed by atoms with Crippen molar-refractivity contribution in [2.75, 3.05) is 11.1 Å². The van der Waals surface area contributed by atoms with Gasteiger partial charge in [-0.2, -0.15) is 0 Å². The summed E-state index contributed by atoms with van der Waals surface area (Å²) in [5.41, 5.74) is 7.27. The number of nitrogens with two attached hydrogens (primary N) is 2. The van der Waals surface area contributed by atoms with E-state index in [4.69, 9.17) is 10.9 Å². The van der Waals surface area contributed by atoms with Gasteiger partial charge in [-0.25, -0.2) is 13.6 Å². The maximum Gasteiger partial charge on any atom is 0.238 e. The normalized spacial score (nSPS) is 19.8. The summed E-state index contributed by atoms with van der Waals surface area (Å²) < 4.78 is 22.8. The summed E-state index contributed by atoms with van der Waals surface area (Å²) in [7, 11) is -3.73. The lowest BCUT2D eigenvalue weighted by Gasteiger charge is -2.35. The molecule has 1 aliphatic rings. The van der Waals surface area contributed by atoms with Gasteiger partial charge >= 0.3 is 0 Å². The number of nitrogen functional groups attached to an aromatic ring is 1. The lowest BCUT2D eigenvalue weighted by Crippen LogP contribution is -2.30. The first-order valence-electron chi connectivity index (χ1n) is 6.86. The van der Waals surface area contributed by atoms with E-state index < -0.39 is 10.0 Å². The van der Waals surface area contributed by atoms with E-state index in [0.29, 0.717) is 17.1 Å². The first kappa shape index (κ1) is 15.1. The first-order valence-corrected chi connectivity index (χ1v) is 8.40. The van der Waals surface area contributed by atoms with Crippen LogP contribution in [-0.2, 0) is 10.0 Å². The monoisotopic (exact) mass is 297 g/mol. The molecule has 0 amide bonds. The van der Waals surface area contributed by atoms with Crippen LogP contribution in [0, 0.1) is 5.41 Å². The average molecular weight is 297 g/mol. The van der Waals surface area contributed by atoms with Gasteiger partial charge in [0, 0.05) is 17.4 Å².